The van der Waals surface area contributed by atoms with E-state index in [0.29, 0.717) is 25.7 Å². The zero-order valence-corrected chi connectivity index (χ0v) is 16.2. The smallest absolute Gasteiger partial charge is 0.227 e. The van der Waals surface area contributed by atoms with Gasteiger partial charge in [-0.2, -0.15) is 0 Å². The van der Waals surface area contributed by atoms with Gasteiger partial charge in [0, 0.05) is 43.5 Å². The Balaban J connectivity index is 1.75. The molecule has 2 heterocycles. The van der Waals surface area contributed by atoms with Crippen LogP contribution in [0.15, 0.2) is 30.6 Å². The largest absolute Gasteiger partial charge is 0.346 e. The molecule has 1 N–H and O–H groups in total. The summed E-state index contributed by atoms with van der Waals surface area (Å²) in [6.07, 6.45) is 4.92. The molecule has 0 saturated heterocycles. The minimum atomic E-state index is -1.11. The number of amides is 2. The summed E-state index contributed by atoms with van der Waals surface area (Å²) in [6, 6.07) is 5.42. The first kappa shape index (κ1) is 18.6. The monoisotopic (exact) mass is 381 g/mol. The molecule has 4 rings (SSSR count). The number of nitrogens with zero attached hydrogens (tertiary/aromatic N) is 2. The van der Waals surface area contributed by atoms with Crippen LogP contribution in [0.25, 0.3) is 11.1 Å². The number of anilines is 1. The lowest BCUT2D eigenvalue weighted by molar-refractivity contribution is -0.122. The molecule has 2 amide bonds. The summed E-state index contributed by atoms with van der Waals surface area (Å²) >= 11 is 0. The van der Waals surface area contributed by atoms with Crippen LogP contribution >= 0.6 is 0 Å². The van der Waals surface area contributed by atoms with Crippen molar-refractivity contribution in [3.05, 3.63) is 47.3 Å². The number of alkyl halides is 1. The third-order valence-electron chi connectivity index (χ3n) is 5.83. The SMILES string of the molecule is CCC(=O)N[C@@H]1c2cncc(-c3ccc4c(c3)CCC(=O)N4C)c2CC[C@@H]1F. The summed E-state index contributed by atoms with van der Waals surface area (Å²) in [5.41, 5.74) is 5.88. The average molecular weight is 381 g/mol. The van der Waals surface area contributed by atoms with Crippen molar-refractivity contribution in [2.45, 2.75) is 51.2 Å². The molecular formula is C22H24FN3O2. The molecule has 1 aromatic carbocycles. The Morgan fingerprint density at radius 2 is 2.11 bits per heavy atom. The van der Waals surface area contributed by atoms with Gasteiger partial charge in [-0.3, -0.25) is 14.6 Å². The lowest BCUT2D eigenvalue weighted by atomic mass is 9.83. The van der Waals surface area contributed by atoms with Crippen LogP contribution in [0.5, 0.6) is 0 Å². The fraction of sp³-hybridized carbons (Fsp3) is 0.409. The Kier molecular flexibility index (Phi) is 4.87. The second-order valence-electron chi connectivity index (χ2n) is 7.50. The average Bonchev–Trinajstić information content (AvgIpc) is 2.72. The van der Waals surface area contributed by atoms with Gasteiger partial charge < -0.3 is 10.2 Å². The van der Waals surface area contributed by atoms with E-state index in [-0.39, 0.29) is 11.8 Å². The minimum Gasteiger partial charge on any atom is -0.346 e. The van der Waals surface area contributed by atoms with Crippen molar-refractivity contribution in [2.24, 2.45) is 0 Å². The van der Waals surface area contributed by atoms with E-state index in [9.17, 15) is 14.0 Å². The van der Waals surface area contributed by atoms with E-state index in [2.05, 4.69) is 16.4 Å². The van der Waals surface area contributed by atoms with Crippen molar-refractivity contribution in [3.8, 4) is 11.1 Å². The number of carbonyl (C=O) groups excluding carboxylic acids is 2. The van der Waals surface area contributed by atoms with Gasteiger partial charge >= 0.3 is 0 Å². The summed E-state index contributed by atoms with van der Waals surface area (Å²) in [6.45, 7) is 1.76. The van der Waals surface area contributed by atoms with Crippen molar-refractivity contribution in [1.29, 1.82) is 0 Å². The number of nitrogens with one attached hydrogen (secondary N) is 1. The van der Waals surface area contributed by atoms with E-state index < -0.39 is 12.2 Å². The Bertz CT molecular complexity index is 943. The van der Waals surface area contributed by atoms with Gasteiger partial charge in [0.2, 0.25) is 11.8 Å². The van der Waals surface area contributed by atoms with Gasteiger partial charge in [0.15, 0.2) is 0 Å². The maximum Gasteiger partial charge on any atom is 0.227 e. The molecule has 146 valence electrons. The van der Waals surface area contributed by atoms with Crippen LogP contribution in [0, 0.1) is 0 Å². The lowest BCUT2D eigenvalue weighted by Crippen LogP contribution is -2.37. The molecule has 28 heavy (non-hydrogen) atoms. The van der Waals surface area contributed by atoms with Crippen LogP contribution < -0.4 is 10.2 Å². The molecule has 0 unspecified atom stereocenters. The van der Waals surface area contributed by atoms with Gasteiger partial charge in [0.05, 0.1) is 6.04 Å². The van der Waals surface area contributed by atoms with Crippen LogP contribution in [0.2, 0.25) is 0 Å². The normalized spacial score (nSPS) is 21.1. The number of benzene rings is 1. The molecule has 0 bridgehead atoms. The lowest BCUT2D eigenvalue weighted by Gasteiger charge is -2.31. The van der Waals surface area contributed by atoms with Crippen molar-refractivity contribution in [2.75, 3.05) is 11.9 Å². The molecule has 0 spiro atoms. The number of carbonyl (C=O) groups is 2. The van der Waals surface area contributed by atoms with Crippen LogP contribution in [-0.2, 0) is 22.4 Å². The van der Waals surface area contributed by atoms with Crippen LogP contribution in [0.4, 0.5) is 10.1 Å². The Labute approximate surface area is 164 Å². The summed E-state index contributed by atoms with van der Waals surface area (Å²) in [5, 5.41) is 2.82. The third-order valence-corrected chi connectivity index (χ3v) is 5.83. The summed E-state index contributed by atoms with van der Waals surface area (Å²) in [5.74, 6) is -0.0325. The second-order valence-corrected chi connectivity index (χ2v) is 7.50. The molecule has 2 aromatic rings. The predicted octanol–water partition coefficient (Wildman–Crippen LogP) is 3.51. The van der Waals surface area contributed by atoms with E-state index >= 15 is 0 Å². The molecule has 1 aromatic heterocycles. The fourth-order valence-corrected chi connectivity index (χ4v) is 4.21. The standard InChI is InChI=1S/C22H24FN3O2/c1-3-20(27)25-22-17-12-24-11-16(15(17)6-7-18(22)23)13-4-8-19-14(10-13)5-9-21(28)26(19)2/h4,8,10-12,18,22H,3,5-7,9H2,1-2H3,(H,25,27)/t18-,22+/m0/s1. The topological polar surface area (TPSA) is 62.3 Å². The van der Waals surface area contributed by atoms with Crippen LogP contribution in [0.3, 0.4) is 0 Å². The van der Waals surface area contributed by atoms with Crippen LogP contribution in [-0.4, -0.2) is 30.0 Å². The summed E-state index contributed by atoms with van der Waals surface area (Å²) in [4.78, 5) is 29.9. The molecule has 0 saturated carbocycles. The predicted molar refractivity (Wildman–Crippen MR) is 106 cm³/mol. The van der Waals surface area contributed by atoms with Gasteiger partial charge in [0.1, 0.15) is 6.17 Å². The maximum absolute atomic E-state index is 14.6. The van der Waals surface area contributed by atoms with Crippen molar-refractivity contribution < 1.29 is 14.0 Å². The highest BCUT2D eigenvalue weighted by atomic mass is 19.1. The second kappa shape index (κ2) is 7.34. The number of aryl methyl sites for hydroxylation is 1. The first-order valence-electron chi connectivity index (χ1n) is 9.79. The van der Waals surface area contributed by atoms with Crippen molar-refractivity contribution in [3.63, 3.8) is 0 Å². The summed E-state index contributed by atoms with van der Waals surface area (Å²) in [7, 11) is 1.80. The zero-order chi connectivity index (χ0) is 19.8. The Morgan fingerprint density at radius 1 is 1.29 bits per heavy atom. The highest BCUT2D eigenvalue weighted by Gasteiger charge is 2.32. The Hall–Kier alpha value is -2.76. The molecule has 5 nitrogen and oxygen atoms in total. The van der Waals surface area contributed by atoms with Gasteiger partial charge in [-0.05, 0) is 53.6 Å². The van der Waals surface area contributed by atoms with Gasteiger partial charge in [-0.15, -0.1) is 0 Å². The number of hydrogen-bond acceptors (Lipinski definition) is 3. The molecule has 1 aliphatic heterocycles. The summed E-state index contributed by atoms with van der Waals surface area (Å²) < 4.78 is 14.6. The maximum atomic E-state index is 14.6. The molecule has 2 aliphatic rings. The zero-order valence-electron chi connectivity index (χ0n) is 16.2. The first-order chi connectivity index (χ1) is 13.5. The van der Waals surface area contributed by atoms with E-state index in [0.717, 1.165) is 39.9 Å². The highest BCUT2D eigenvalue weighted by molar-refractivity contribution is 5.96. The number of hydrogen-bond donors (Lipinski definition) is 1. The molecule has 0 radical (unpaired) electrons. The minimum absolute atomic E-state index is 0.127. The molecule has 6 heteroatoms. The number of fused-ring (bicyclic) bond motifs is 2. The van der Waals surface area contributed by atoms with Crippen molar-refractivity contribution >= 4 is 17.5 Å². The molecular weight excluding hydrogens is 357 g/mol. The van der Waals surface area contributed by atoms with E-state index in [1.54, 1.807) is 25.1 Å². The molecule has 0 fully saturated rings. The number of rotatable bonds is 3. The van der Waals surface area contributed by atoms with Gasteiger partial charge in [0.25, 0.3) is 0 Å². The number of halogens is 1. The first-order valence-corrected chi connectivity index (χ1v) is 9.79. The quantitative estimate of drug-likeness (QED) is 0.885. The third kappa shape index (κ3) is 3.17. The van der Waals surface area contributed by atoms with E-state index in [1.807, 2.05) is 18.3 Å². The van der Waals surface area contributed by atoms with Crippen molar-refractivity contribution in [1.82, 2.24) is 10.3 Å². The van der Waals surface area contributed by atoms with Gasteiger partial charge in [-0.25, -0.2) is 4.39 Å². The van der Waals surface area contributed by atoms with E-state index in [4.69, 9.17) is 0 Å². The fourth-order valence-electron chi connectivity index (χ4n) is 4.21. The van der Waals surface area contributed by atoms with E-state index in [1.165, 1.54) is 0 Å². The highest BCUT2D eigenvalue weighted by Crippen LogP contribution is 2.39. The number of pyridine rings is 1. The van der Waals surface area contributed by atoms with Crippen LogP contribution in [0.1, 0.15) is 48.9 Å². The number of aromatic nitrogens is 1. The molecule has 1 aliphatic carbocycles. The Morgan fingerprint density at radius 3 is 2.89 bits per heavy atom. The molecule has 2 atom stereocenters. The van der Waals surface area contributed by atoms with Gasteiger partial charge in [-0.1, -0.05) is 13.0 Å².